The van der Waals surface area contributed by atoms with Gasteiger partial charge in [-0.2, -0.15) is 0 Å². The average Bonchev–Trinajstić information content (AvgIpc) is 2.36. The maximum Gasteiger partial charge on any atom is 0.0484 e. The van der Waals surface area contributed by atoms with Crippen LogP contribution in [0.3, 0.4) is 0 Å². The van der Waals surface area contributed by atoms with Crippen LogP contribution in [0.25, 0.3) is 0 Å². The Labute approximate surface area is 117 Å². The van der Waals surface area contributed by atoms with Gasteiger partial charge in [0.2, 0.25) is 0 Å². The van der Waals surface area contributed by atoms with Gasteiger partial charge in [0.05, 0.1) is 0 Å². The number of nitrogens with one attached hydrogen (secondary N) is 1. The van der Waals surface area contributed by atoms with Crippen molar-refractivity contribution in [2.75, 3.05) is 19.8 Å². The highest BCUT2D eigenvalue weighted by atomic mass is 16.5. The molecule has 2 nitrogen and oxygen atoms in total. The van der Waals surface area contributed by atoms with Gasteiger partial charge < -0.3 is 10.1 Å². The van der Waals surface area contributed by atoms with Crippen LogP contribution in [0.4, 0.5) is 0 Å². The first-order valence-corrected chi connectivity index (χ1v) is 7.76. The van der Waals surface area contributed by atoms with Crippen molar-refractivity contribution in [3.05, 3.63) is 35.4 Å². The Hall–Kier alpha value is -0.860. The first-order chi connectivity index (χ1) is 9.35. The quantitative estimate of drug-likeness (QED) is 0.713. The topological polar surface area (TPSA) is 21.3 Å². The second kappa shape index (κ2) is 7.66. The molecular weight excluding hydrogens is 234 g/mol. The second-order valence-electron chi connectivity index (χ2n) is 5.39. The van der Waals surface area contributed by atoms with Crippen molar-refractivity contribution in [2.24, 2.45) is 0 Å². The fraction of sp³-hybridized carbons (Fsp3) is 0.647. The highest BCUT2D eigenvalue weighted by Gasteiger charge is 2.20. The summed E-state index contributed by atoms with van der Waals surface area (Å²) in [6, 6.07) is 9.59. The van der Waals surface area contributed by atoms with Crippen LogP contribution in [-0.2, 0) is 4.74 Å². The Morgan fingerprint density at radius 1 is 1.32 bits per heavy atom. The molecule has 0 aromatic heterocycles. The van der Waals surface area contributed by atoms with E-state index >= 15 is 0 Å². The Morgan fingerprint density at radius 3 is 2.79 bits per heavy atom. The van der Waals surface area contributed by atoms with Gasteiger partial charge in [-0.3, -0.25) is 0 Å². The van der Waals surface area contributed by atoms with Crippen LogP contribution in [0, 0.1) is 0 Å². The largest absolute Gasteiger partial charge is 0.382 e. The first kappa shape index (κ1) is 14.5. The summed E-state index contributed by atoms with van der Waals surface area (Å²) in [7, 11) is 0. The molecule has 1 unspecified atom stereocenters. The molecule has 1 aliphatic rings. The second-order valence-corrected chi connectivity index (χ2v) is 5.39. The predicted molar refractivity (Wildman–Crippen MR) is 80.6 cm³/mol. The molecule has 0 bridgehead atoms. The van der Waals surface area contributed by atoms with Crippen LogP contribution in [-0.4, -0.2) is 19.8 Å². The van der Waals surface area contributed by atoms with E-state index in [0.29, 0.717) is 6.04 Å². The molecule has 106 valence electrons. The van der Waals surface area contributed by atoms with Crippen molar-refractivity contribution in [1.29, 1.82) is 0 Å². The first-order valence-electron chi connectivity index (χ1n) is 7.76. The van der Waals surface area contributed by atoms with Crippen molar-refractivity contribution < 1.29 is 4.74 Å². The molecular formula is C17H27NO. The molecule has 2 rings (SSSR count). The minimum absolute atomic E-state index is 0.427. The lowest BCUT2D eigenvalue weighted by molar-refractivity contribution is 0.136. The maximum absolute atomic E-state index is 5.50. The smallest absolute Gasteiger partial charge is 0.0484 e. The van der Waals surface area contributed by atoms with Crippen LogP contribution in [0.2, 0.25) is 0 Å². The van der Waals surface area contributed by atoms with Crippen molar-refractivity contribution in [1.82, 2.24) is 5.32 Å². The maximum atomic E-state index is 5.50. The molecule has 1 N–H and O–H groups in total. The molecule has 1 aromatic rings. The number of rotatable bonds is 8. The van der Waals surface area contributed by atoms with Crippen molar-refractivity contribution in [2.45, 2.75) is 51.5 Å². The predicted octanol–water partition coefficient (Wildman–Crippen LogP) is 4.03. The highest BCUT2D eigenvalue weighted by molar-refractivity contribution is 5.29. The Kier molecular flexibility index (Phi) is 5.87. The summed E-state index contributed by atoms with van der Waals surface area (Å²) in [5.41, 5.74) is 2.95. The summed E-state index contributed by atoms with van der Waals surface area (Å²) >= 11 is 0. The van der Waals surface area contributed by atoms with E-state index in [1.54, 1.807) is 0 Å². The van der Waals surface area contributed by atoms with E-state index in [0.717, 1.165) is 32.1 Å². The molecule has 0 amide bonds. The number of benzene rings is 1. The fourth-order valence-corrected chi connectivity index (χ4v) is 2.75. The molecule has 2 heteroatoms. The van der Waals surface area contributed by atoms with Crippen LogP contribution >= 0.6 is 0 Å². The lowest BCUT2D eigenvalue weighted by Crippen LogP contribution is -2.22. The van der Waals surface area contributed by atoms with Gasteiger partial charge in [-0.15, -0.1) is 0 Å². The van der Waals surface area contributed by atoms with Crippen LogP contribution < -0.4 is 5.32 Å². The van der Waals surface area contributed by atoms with E-state index in [4.69, 9.17) is 4.74 Å². The van der Waals surface area contributed by atoms with Crippen molar-refractivity contribution >= 4 is 0 Å². The van der Waals surface area contributed by atoms with Gasteiger partial charge in [-0.05, 0) is 49.8 Å². The van der Waals surface area contributed by atoms with Crippen molar-refractivity contribution in [3.63, 3.8) is 0 Å². The third-order valence-corrected chi connectivity index (χ3v) is 4.10. The number of ether oxygens (including phenoxy) is 1. The van der Waals surface area contributed by atoms with Gasteiger partial charge in [0.25, 0.3) is 0 Å². The molecule has 1 atom stereocenters. The Morgan fingerprint density at radius 2 is 2.16 bits per heavy atom. The van der Waals surface area contributed by atoms with Gasteiger partial charge in [-0.1, -0.05) is 37.6 Å². The molecule has 0 radical (unpaired) electrons. The van der Waals surface area contributed by atoms with E-state index in [9.17, 15) is 0 Å². The summed E-state index contributed by atoms with van der Waals surface area (Å²) in [6.07, 6.45) is 5.19. The minimum Gasteiger partial charge on any atom is -0.382 e. The molecule has 0 aliphatic heterocycles. The SMILES string of the molecule is CCNC(CCOCC)c1cccc(C2CCC2)c1. The molecule has 1 aromatic carbocycles. The zero-order chi connectivity index (χ0) is 13.5. The van der Waals surface area contributed by atoms with Crippen LogP contribution in [0.15, 0.2) is 24.3 Å². The average molecular weight is 261 g/mol. The van der Waals surface area contributed by atoms with E-state index in [-0.39, 0.29) is 0 Å². The van der Waals surface area contributed by atoms with Crippen LogP contribution in [0.5, 0.6) is 0 Å². The van der Waals surface area contributed by atoms with Gasteiger partial charge >= 0.3 is 0 Å². The molecule has 0 spiro atoms. The molecule has 1 aliphatic carbocycles. The van der Waals surface area contributed by atoms with E-state index in [2.05, 4.69) is 43.4 Å². The zero-order valence-corrected chi connectivity index (χ0v) is 12.3. The molecule has 1 saturated carbocycles. The summed E-state index contributed by atoms with van der Waals surface area (Å²) < 4.78 is 5.50. The van der Waals surface area contributed by atoms with Gasteiger partial charge in [0.1, 0.15) is 0 Å². The summed E-state index contributed by atoms with van der Waals surface area (Å²) in [6.45, 7) is 6.87. The number of hydrogen-bond acceptors (Lipinski definition) is 2. The molecule has 19 heavy (non-hydrogen) atoms. The van der Waals surface area contributed by atoms with Crippen LogP contribution in [0.1, 0.15) is 62.6 Å². The number of hydrogen-bond donors (Lipinski definition) is 1. The molecule has 1 fully saturated rings. The highest BCUT2D eigenvalue weighted by Crippen LogP contribution is 2.37. The van der Waals surface area contributed by atoms with E-state index < -0.39 is 0 Å². The standard InChI is InChI=1S/C17H27NO/c1-3-18-17(11-12-19-4-2)16-10-6-9-15(13-16)14-7-5-8-14/h6,9-10,13-14,17-18H,3-5,7-8,11-12H2,1-2H3. The van der Waals surface area contributed by atoms with Gasteiger partial charge in [0, 0.05) is 19.3 Å². The van der Waals surface area contributed by atoms with Gasteiger partial charge in [0.15, 0.2) is 0 Å². The van der Waals surface area contributed by atoms with Crippen molar-refractivity contribution in [3.8, 4) is 0 Å². The Bertz CT molecular complexity index is 373. The minimum atomic E-state index is 0.427. The zero-order valence-electron chi connectivity index (χ0n) is 12.3. The van der Waals surface area contributed by atoms with E-state index in [1.807, 2.05) is 0 Å². The molecule has 0 saturated heterocycles. The summed E-state index contributed by atoms with van der Waals surface area (Å²) in [5, 5.41) is 3.58. The fourth-order valence-electron chi connectivity index (χ4n) is 2.75. The summed E-state index contributed by atoms with van der Waals surface area (Å²) in [5.74, 6) is 0.814. The monoisotopic (exact) mass is 261 g/mol. The van der Waals surface area contributed by atoms with Gasteiger partial charge in [-0.25, -0.2) is 0 Å². The Balaban J connectivity index is 2.02. The van der Waals surface area contributed by atoms with E-state index in [1.165, 1.54) is 30.4 Å². The molecule has 0 heterocycles. The lowest BCUT2D eigenvalue weighted by Gasteiger charge is -2.27. The lowest BCUT2D eigenvalue weighted by atomic mass is 9.79. The normalized spacial score (nSPS) is 17.2. The third kappa shape index (κ3) is 4.05. The summed E-state index contributed by atoms with van der Waals surface area (Å²) in [4.78, 5) is 0. The third-order valence-electron chi connectivity index (χ3n) is 4.10.